The van der Waals surface area contributed by atoms with Crippen molar-refractivity contribution < 1.29 is 33.3 Å². The van der Waals surface area contributed by atoms with Gasteiger partial charge in [0.05, 0.1) is 14.2 Å². The van der Waals surface area contributed by atoms with Crippen LogP contribution in [0.2, 0.25) is 0 Å². The van der Waals surface area contributed by atoms with Crippen molar-refractivity contribution in [2.24, 2.45) is 11.8 Å². The molecule has 30 heavy (non-hydrogen) atoms. The number of Topliss-reactive ketones (excluding diaryl/α,β-unsaturated/α-hetero) is 2. The van der Waals surface area contributed by atoms with Crippen LogP contribution in [0.5, 0.6) is 23.0 Å². The van der Waals surface area contributed by atoms with Gasteiger partial charge in [0, 0.05) is 11.1 Å². The highest BCUT2D eigenvalue weighted by atomic mass is 16.7. The van der Waals surface area contributed by atoms with Crippen molar-refractivity contribution in [2.75, 3.05) is 21.0 Å². The second-order valence-electron chi connectivity index (χ2n) is 7.56. The van der Waals surface area contributed by atoms with Gasteiger partial charge in [-0.15, -0.1) is 0 Å². The maximum absolute atomic E-state index is 13.2. The van der Waals surface area contributed by atoms with E-state index in [1.165, 1.54) is 14.2 Å². The summed E-state index contributed by atoms with van der Waals surface area (Å²) in [5.41, 5.74) is 0.926. The topological polar surface area (TPSA) is 80.3 Å². The molecule has 0 N–H and O–H groups in total. The van der Waals surface area contributed by atoms with E-state index in [9.17, 15) is 9.59 Å². The number of carbonyl (C=O) groups is 2. The second-order valence-corrected chi connectivity index (χ2v) is 7.56. The Morgan fingerprint density at radius 1 is 0.800 bits per heavy atom. The van der Waals surface area contributed by atoms with Gasteiger partial charge in [-0.3, -0.25) is 9.59 Å². The molecule has 2 aromatic carbocycles. The summed E-state index contributed by atoms with van der Waals surface area (Å²) >= 11 is 0. The van der Waals surface area contributed by atoms with Gasteiger partial charge in [-0.05, 0) is 48.2 Å². The average Bonchev–Trinajstić information content (AvgIpc) is 3.36. The normalized spacial score (nSPS) is 24.5. The molecule has 158 valence electrons. The van der Waals surface area contributed by atoms with Crippen LogP contribution in [0.3, 0.4) is 0 Å². The Morgan fingerprint density at radius 3 is 2.00 bits per heavy atom. The Kier molecular flexibility index (Phi) is 5.39. The summed E-state index contributed by atoms with van der Waals surface area (Å²) in [5.74, 6) is 1.55. The van der Waals surface area contributed by atoms with Crippen LogP contribution in [-0.4, -0.2) is 44.8 Å². The van der Waals surface area contributed by atoms with Gasteiger partial charge in [0.1, 0.15) is 12.2 Å². The van der Waals surface area contributed by atoms with Crippen LogP contribution >= 0.6 is 0 Å². The predicted octanol–water partition coefficient (Wildman–Crippen LogP) is 3.54. The highest BCUT2D eigenvalue weighted by Gasteiger charge is 2.46. The Balaban J connectivity index is 1.55. The SMILES string of the molecule is COc1ccc(C(=O)[C@H]2O[C@H](C(=O)c3ccc4c(c3)OCO4)[C@@H](C)[C@@H]2C)cc1OC. The van der Waals surface area contributed by atoms with E-state index in [4.69, 9.17) is 23.7 Å². The van der Waals surface area contributed by atoms with Crippen molar-refractivity contribution in [3.63, 3.8) is 0 Å². The maximum atomic E-state index is 13.2. The first-order valence-corrected chi connectivity index (χ1v) is 9.80. The van der Waals surface area contributed by atoms with Crippen molar-refractivity contribution >= 4 is 11.6 Å². The lowest BCUT2D eigenvalue weighted by molar-refractivity contribution is 0.0276. The average molecular weight is 412 g/mol. The number of methoxy groups -OCH3 is 2. The predicted molar refractivity (Wildman–Crippen MR) is 108 cm³/mol. The number of carbonyl (C=O) groups excluding carboxylic acids is 2. The highest BCUT2D eigenvalue weighted by Crippen LogP contribution is 2.38. The van der Waals surface area contributed by atoms with Crippen LogP contribution in [-0.2, 0) is 4.74 Å². The fourth-order valence-electron chi connectivity index (χ4n) is 3.93. The van der Waals surface area contributed by atoms with Gasteiger partial charge in [-0.25, -0.2) is 0 Å². The summed E-state index contributed by atoms with van der Waals surface area (Å²) in [4.78, 5) is 26.3. The van der Waals surface area contributed by atoms with E-state index in [0.717, 1.165) is 0 Å². The van der Waals surface area contributed by atoms with E-state index in [1.807, 2.05) is 13.8 Å². The third-order valence-corrected chi connectivity index (χ3v) is 5.92. The van der Waals surface area contributed by atoms with Crippen LogP contribution in [0.4, 0.5) is 0 Å². The van der Waals surface area contributed by atoms with E-state index in [0.29, 0.717) is 34.1 Å². The van der Waals surface area contributed by atoms with Crippen molar-refractivity contribution in [3.05, 3.63) is 47.5 Å². The first kappa shape index (κ1) is 20.2. The molecule has 0 unspecified atom stereocenters. The molecule has 2 heterocycles. The zero-order chi connectivity index (χ0) is 21.4. The van der Waals surface area contributed by atoms with Crippen LogP contribution in [0.25, 0.3) is 0 Å². The molecular weight excluding hydrogens is 388 g/mol. The standard InChI is InChI=1S/C23H24O7/c1-12-13(2)23(21(25)15-6-8-17-19(10-15)29-11-28-17)30-22(12)20(24)14-5-7-16(26-3)18(9-14)27-4/h5-10,12-13,22-23H,11H2,1-4H3/t12-,13-,22-,23-/m0/s1. The minimum atomic E-state index is -0.721. The molecule has 0 bridgehead atoms. The van der Waals surface area contributed by atoms with Crippen LogP contribution in [0, 0.1) is 11.8 Å². The van der Waals surface area contributed by atoms with Gasteiger partial charge in [0.15, 0.2) is 34.6 Å². The first-order valence-electron chi connectivity index (χ1n) is 9.80. The van der Waals surface area contributed by atoms with Gasteiger partial charge in [0.25, 0.3) is 0 Å². The summed E-state index contributed by atoms with van der Waals surface area (Å²) < 4.78 is 27.2. The van der Waals surface area contributed by atoms with Gasteiger partial charge >= 0.3 is 0 Å². The quantitative estimate of drug-likeness (QED) is 0.672. The monoisotopic (exact) mass is 412 g/mol. The summed E-state index contributed by atoms with van der Waals surface area (Å²) in [6.45, 7) is 4.01. The van der Waals surface area contributed by atoms with E-state index in [1.54, 1.807) is 36.4 Å². The van der Waals surface area contributed by atoms with Gasteiger partial charge in [-0.1, -0.05) is 13.8 Å². The lowest BCUT2D eigenvalue weighted by atomic mass is 9.85. The van der Waals surface area contributed by atoms with Crippen LogP contribution in [0.15, 0.2) is 36.4 Å². The largest absolute Gasteiger partial charge is 0.493 e. The van der Waals surface area contributed by atoms with Crippen molar-refractivity contribution in [1.82, 2.24) is 0 Å². The minimum Gasteiger partial charge on any atom is -0.493 e. The number of fused-ring (bicyclic) bond motifs is 1. The molecule has 4 atom stereocenters. The number of hydrogen-bond donors (Lipinski definition) is 0. The van der Waals surface area contributed by atoms with Gasteiger partial charge < -0.3 is 23.7 Å². The third-order valence-electron chi connectivity index (χ3n) is 5.92. The molecular formula is C23H24O7. The smallest absolute Gasteiger partial charge is 0.231 e. The summed E-state index contributed by atoms with van der Waals surface area (Å²) in [7, 11) is 3.05. The molecule has 0 amide bonds. The van der Waals surface area contributed by atoms with E-state index in [2.05, 4.69) is 0 Å². The molecule has 0 radical (unpaired) electrons. The molecule has 0 spiro atoms. The zero-order valence-corrected chi connectivity index (χ0v) is 17.3. The van der Waals surface area contributed by atoms with Gasteiger partial charge in [-0.2, -0.15) is 0 Å². The van der Waals surface area contributed by atoms with Crippen molar-refractivity contribution in [3.8, 4) is 23.0 Å². The van der Waals surface area contributed by atoms with Crippen LogP contribution in [0.1, 0.15) is 34.6 Å². The zero-order valence-electron chi connectivity index (χ0n) is 17.3. The minimum absolute atomic E-state index is 0.128. The molecule has 0 saturated carbocycles. The summed E-state index contributed by atoms with van der Waals surface area (Å²) in [6, 6.07) is 10.1. The summed E-state index contributed by atoms with van der Waals surface area (Å²) in [6.07, 6.45) is -1.43. The van der Waals surface area contributed by atoms with Crippen molar-refractivity contribution in [1.29, 1.82) is 0 Å². The number of benzene rings is 2. The number of ether oxygens (including phenoxy) is 5. The molecule has 4 rings (SSSR count). The Hall–Kier alpha value is -3.06. The van der Waals surface area contributed by atoms with Crippen molar-refractivity contribution in [2.45, 2.75) is 26.1 Å². The molecule has 2 aliphatic heterocycles. The molecule has 2 aromatic rings. The molecule has 1 fully saturated rings. The molecule has 7 heteroatoms. The first-order chi connectivity index (χ1) is 14.4. The Labute approximate surface area is 174 Å². The van der Waals surface area contributed by atoms with Crippen LogP contribution < -0.4 is 18.9 Å². The molecule has 1 saturated heterocycles. The highest BCUT2D eigenvalue weighted by molar-refractivity contribution is 6.03. The third kappa shape index (κ3) is 3.39. The Morgan fingerprint density at radius 2 is 1.37 bits per heavy atom. The maximum Gasteiger partial charge on any atom is 0.231 e. The Bertz CT molecular complexity index is 984. The fourth-order valence-corrected chi connectivity index (χ4v) is 3.93. The lowest BCUT2D eigenvalue weighted by Gasteiger charge is -2.16. The van der Waals surface area contributed by atoms with E-state index in [-0.39, 0.29) is 30.2 Å². The summed E-state index contributed by atoms with van der Waals surface area (Å²) in [5, 5.41) is 0. The number of rotatable bonds is 6. The van der Waals surface area contributed by atoms with E-state index >= 15 is 0 Å². The molecule has 0 aliphatic carbocycles. The molecule has 2 aliphatic rings. The van der Waals surface area contributed by atoms with E-state index < -0.39 is 12.2 Å². The lowest BCUT2D eigenvalue weighted by Crippen LogP contribution is -2.28. The molecule has 0 aromatic heterocycles. The molecule has 7 nitrogen and oxygen atoms in total. The number of hydrogen-bond acceptors (Lipinski definition) is 7. The van der Waals surface area contributed by atoms with Gasteiger partial charge in [0.2, 0.25) is 6.79 Å². The second kappa shape index (κ2) is 7.99. The number of ketones is 2. The fraction of sp³-hybridized carbons (Fsp3) is 0.391.